The average Bonchev–Trinajstić information content (AvgIpc) is 2.25. The highest BCUT2D eigenvalue weighted by atomic mass is 32.2. The van der Waals surface area contributed by atoms with E-state index >= 15 is 0 Å². The monoisotopic (exact) mass is 268 g/mol. The summed E-state index contributed by atoms with van der Waals surface area (Å²) in [7, 11) is 0. The van der Waals surface area contributed by atoms with E-state index in [4.69, 9.17) is 0 Å². The molecular weight excluding hydrogens is 248 g/mol. The highest BCUT2D eigenvalue weighted by Crippen LogP contribution is 2.32. The van der Waals surface area contributed by atoms with Crippen molar-refractivity contribution in [3.63, 3.8) is 0 Å². The molecule has 1 aliphatic heterocycles. The Labute approximate surface area is 107 Å². The second kappa shape index (κ2) is 8.54. The fourth-order valence-corrected chi connectivity index (χ4v) is 6.28. The number of hydrogen-bond acceptors (Lipinski definition) is 4. The minimum absolute atomic E-state index is 0.806. The summed E-state index contributed by atoms with van der Waals surface area (Å²) in [4.78, 5) is 0. The van der Waals surface area contributed by atoms with Crippen LogP contribution in [-0.4, -0.2) is 39.3 Å². The van der Waals surface area contributed by atoms with Crippen molar-refractivity contribution in [2.24, 2.45) is 0 Å². The summed E-state index contributed by atoms with van der Waals surface area (Å²) in [6.07, 6.45) is 2.72. The Hall–Kier alpha value is 1.40. The molecule has 0 N–H and O–H groups in total. The SMILES string of the molecule is CCCCSCC1CSC(CS)CS1. The van der Waals surface area contributed by atoms with Crippen LogP contribution in [-0.2, 0) is 0 Å². The molecule has 0 aliphatic carbocycles. The molecular formula is C10H20S4. The van der Waals surface area contributed by atoms with Crippen molar-refractivity contribution in [3.8, 4) is 0 Å². The number of hydrogen-bond donors (Lipinski definition) is 1. The van der Waals surface area contributed by atoms with Gasteiger partial charge in [-0.05, 0) is 12.2 Å². The largest absolute Gasteiger partial charge is 0.178 e. The van der Waals surface area contributed by atoms with Crippen LogP contribution in [0.1, 0.15) is 19.8 Å². The smallest absolute Gasteiger partial charge is 0.0229 e. The van der Waals surface area contributed by atoms with Crippen LogP contribution in [0, 0.1) is 0 Å². The van der Waals surface area contributed by atoms with Gasteiger partial charge in [-0.1, -0.05) is 13.3 Å². The Balaban J connectivity index is 1.98. The third kappa shape index (κ3) is 5.47. The van der Waals surface area contributed by atoms with Crippen LogP contribution in [0.15, 0.2) is 0 Å². The fraction of sp³-hybridized carbons (Fsp3) is 1.00. The Bertz CT molecular complexity index is 132. The van der Waals surface area contributed by atoms with Gasteiger partial charge < -0.3 is 0 Å². The van der Waals surface area contributed by atoms with E-state index in [2.05, 4.69) is 54.8 Å². The van der Waals surface area contributed by atoms with Crippen LogP contribution < -0.4 is 0 Å². The number of thiol groups is 1. The summed E-state index contributed by atoms with van der Waals surface area (Å²) >= 11 is 10.8. The zero-order valence-electron chi connectivity index (χ0n) is 8.78. The first-order valence-corrected chi connectivity index (χ1v) is 9.17. The van der Waals surface area contributed by atoms with Gasteiger partial charge in [0.25, 0.3) is 0 Å². The zero-order chi connectivity index (χ0) is 10.2. The van der Waals surface area contributed by atoms with Crippen molar-refractivity contribution >= 4 is 47.9 Å². The molecule has 0 spiro atoms. The first kappa shape index (κ1) is 13.5. The van der Waals surface area contributed by atoms with Crippen LogP contribution in [0.4, 0.5) is 0 Å². The van der Waals surface area contributed by atoms with Gasteiger partial charge in [0, 0.05) is 33.5 Å². The van der Waals surface area contributed by atoms with Gasteiger partial charge in [0.15, 0.2) is 0 Å². The van der Waals surface area contributed by atoms with Crippen molar-refractivity contribution in [3.05, 3.63) is 0 Å². The summed E-state index contributed by atoms with van der Waals surface area (Å²) in [5, 5.41) is 1.71. The molecule has 1 aliphatic rings. The molecule has 2 atom stereocenters. The molecule has 0 aromatic rings. The molecule has 84 valence electrons. The molecule has 0 amide bonds. The maximum Gasteiger partial charge on any atom is 0.0229 e. The van der Waals surface area contributed by atoms with Gasteiger partial charge >= 0.3 is 0 Å². The maximum atomic E-state index is 4.35. The van der Waals surface area contributed by atoms with E-state index in [0.29, 0.717) is 0 Å². The quantitative estimate of drug-likeness (QED) is 0.577. The molecule has 0 bridgehead atoms. The van der Waals surface area contributed by atoms with E-state index in [1.165, 1.54) is 35.9 Å². The van der Waals surface area contributed by atoms with Gasteiger partial charge in [-0.2, -0.15) is 47.9 Å². The molecule has 0 aromatic heterocycles. The third-order valence-corrected chi connectivity index (χ3v) is 7.52. The highest BCUT2D eigenvalue weighted by molar-refractivity contribution is 8.08. The Kier molecular flexibility index (Phi) is 8.21. The first-order chi connectivity index (χ1) is 6.86. The minimum Gasteiger partial charge on any atom is -0.178 e. The maximum absolute atomic E-state index is 4.35. The Morgan fingerprint density at radius 1 is 1.29 bits per heavy atom. The second-order valence-electron chi connectivity index (χ2n) is 3.52. The average molecular weight is 269 g/mol. The number of rotatable bonds is 6. The van der Waals surface area contributed by atoms with E-state index in [1.54, 1.807) is 0 Å². The third-order valence-electron chi connectivity index (χ3n) is 2.19. The molecule has 0 aromatic carbocycles. The van der Waals surface area contributed by atoms with Crippen LogP contribution in [0.5, 0.6) is 0 Å². The molecule has 0 radical (unpaired) electrons. The number of unbranched alkanes of at least 4 members (excludes halogenated alkanes) is 1. The molecule has 2 unspecified atom stereocenters. The molecule has 4 heteroatoms. The molecule has 1 rings (SSSR count). The normalized spacial score (nSPS) is 27.9. The van der Waals surface area contributed by atoms with Crippen LogP contribution in [0.25, 0.3) is 0 Å². The van der Waals surface area contributed by atoms with Crippen molar-refractivity contribution in [1.82, 2.24) is 0 Å². The van der Waals surface area contributed by atoms with Crippen molar-refractivity contribution < 1.29 is 0 Å². The van der Waals surface area contributed by atoms with E-state index in [1.807, 2.05) is 0 Å². The van der Waals surface area contributed by atoms with Gasteiger partial charge in [0.2, 0.25) is 0 Å². The molecule has 0 saturated carbocycles. The lowest BCUT2D eigenvalue weighted by molar-refractivity contribution is 0.895. The van der Waals surface area contributed by atoms with Gasteiger partial charge in [-0.25, -0.2) is 0 Å². The summed E-state index contributed by atoms with van der Waals surface area (Å²) in [6.45, 7) is 2.27. The standard InChI is InChI=1S/C10H20S4/c1-2-3-4-12-6-10-8-13-9(5-11)7-14-10/h9-11H,2-8H2,1H3. The van der Waals surface area contributed by atoms with Gasteiger partial charge in [-0.15, -0.1) is 0 Å². The molecule has 1 fully saturated rings. The Morgan fingerprint density at radius 2 is 2.00 bits per heavy atom. The van der Waals surface area contributed by atoms with Crippen molar-refractivity contribution in [1.29, 1.82) is 0 Å². The van der Waals surface area contributed by atoms with Crippen LogP contribution in [0.2, 0.25) is 0 Å². The summed E-state index contributed by atoms with van der Waals surface area (Å²) < 4.78 is 0. The molecule has 14 heavy (non-hydrogen) atoms. The van der Waals surface area contributed by atoms with Crippen molar-refractivity contribution in [2.75, 3.05) is 28.8 Å². The van der Waals surface area contributed by atoms with E-state index < -0.39 is 0 Å². The minimum atomic E-state index is 0.806. The van der Waals surface area contributed by atoms with E-state index in [0.717, 1.165) is 16.3 Å². The summed E-state index contributed by atoms with van der Waals surface area (Å²) in [5.74, 6) is 6.42. The number of thioether (sulfide) groups is 3. The molecule has 1 saturated heterocycles. The van der Waals surface area contributed by atoms with E-state index in [-0.39, 0.29) is 0 Å². The van der Waals surface area contributed by atoms with Crippen LogP contribution in [0.3, 0.4) is 0 Å². The molecule has 1 heterocycles. The Morgan fingerprint density at radius 3 is 2.57 bits per heavy atom. The topological polar surface area (TPSA) is 0 Å². The predicted octanol–water partition coefficient (Wildman–Crippen LogP) is 3.67. The summed E-state index contributed by atoms with van der Waals surface area (Å²) in [5.41, 5.74) is 0. The fourth-order valence-electron chi connectivity index (χ4n) is 1.25. The van der Waals surface area contributed by atoms with Crippen molar-refractivity contribution in [2.45, 2.75) is 30.3 Å². The molecule has 0 nitrogen and oxygen atoms in total. The zero-order valence-corrected chi connectivity index (χ0v) is 12.1. The summed E-state index contributed by atoms with van der Waals surface area (Å²) in [6, 6.07) is 0. The van der Waals surface area contributed by atoms with Crippen LogP contribution >= 0.6 is 47.9 Å². The lowest BCUT2D eigenvalue weighted by Crippen LogP contribution is -2.24. The first-order valence-electron chi connectivity index (χ1n) is 5.28. The highest BCUT2D eigenvalue weighted by Gasteiger charge is 2.20. The van der Waals surface area contributed by atoms with E-state index in [9.17, 15) is 0 Å². The predicted molar refractivity (Wildman–Crippen MR) is 78.6 cm³/mol. The lowest BCUT2D eigenvalue weighted by Gasteiger charge is -2.26. The van der Waals surface area contributed by atoms with Gasteiger partial charge in [0.1, 0.15) is 0 Å². The van der Waals surface area contributed by atoms with Gasteiger partial charge in [0.05, 0.1) is 0 Å². The lowest BCUT2D eigenvalue weighted by atomic mass is 10.4. The van der Waals surface area contributed by atoms with Gasteiger partial charge in [-0.3, -0.25) is 0 Å². The second-order valence-corrected chi connectivity index (χ2v) is 7.70.